The summed E-state index contributed by atoms with van der Waals surface area (Å²) in [6, 6.07) is 8.59. The van der Waals surface area contributed by atoms with Crippen LogP contribution in [0.3, 0.4) is 0 Å². The molecule has 1 aliphatic carbocycles. The minimum Gasteiger partial charge on any atom is -0.389 e. The summed E-state index contributed by atoms with van der Waals surface area (Å²) in [5.41, 5.74) is 2.57. The van der Waals surface area contributed by atoms with Crippen molar-refractivity contribution in [2.75, 3.05) is 19.8 Å². The Kier molecular flexibility index (Phi) is 5.37. The molecule has 2 unspecified atom stereocenters. The van der Waals surface area contributed by atoms with Crippen molar-refractivity contribution in [1.82, 2.24) is 5.32 Å². The molecule has 0 spiro atoms. The Hall–Kier alpha value is -0.900. The molecule has 1 saturated carbocycles. The zero-order valence-electron chi connectivity index (χ0n) is 11.9. The van der Waals surface area contributed by atoms with E-state index in [4.69, 9.17) is 4.74 Å². The number of ether oxygens (including phenoxy) is 1. The second kappa shape index (κ2) is 7.04. The molecule has 1 fully saturated rings. The first-order valence-corrected chi connectivity index (χ1v) is 7.21. The lowest BCUT2D eigenvalue weighted by Crippen LogP contribution is -2.32. The van der Waals surface area contributed by atoms with Gasteiger partial charge in [0.2, 0.25) is 0 Å². The SMILES string of the molecule is Cc1ccccc1C(C)NCC(O)COCC1CC1. The van der Waals surface area contributed by atoms with Crippen molar-refractivity contribution in [3.8, 4) is 0 Å². The fourth-order valence-electron chi connectivity index (χ4n) is 2.21. The third-order valence-corrected chi connectivity index (χ3v) is 3.68. The molecule has 0 saturated heterocycles. The molecule has 19 heavy (non-hydrogen) atoms. The van der Waals surface area contributed by atoms with Crippen LogP contribution in [0.1, 0.15) is 36.9 Å². The van der Waals surface area contributed by atoms with Gasteiger partial charge in [0, 0.05) is 19.2 Å². The van der Waals surface area contributed by atoms with Crippen LogP contribution in [0.5, 0.6) is 0 Å². The van der Waals surface area contributed by atoms with Gasteiger partial charge < -0.3 is 15.2 Å². The van der Waals surface area contributed by atoms with Crippen molar-refractivity contribution >= 4 is 0 Å². The summed E-state index contributed by atoms with van der Waals surface area (Å²) >= 11 is 0. The average molecular weight is 263 g/mol. The van der Waals surface area contributed by atoms with Crippen molar-refractivity contribution in [1.29, 1.82) is 0 Å². The van der Waals surface area contributed by atoms with Gasteiger partial charge in [-0.15, -0.1) is 0 Å². The molecule has 0 radical (unpaired) electrons. The van der Waals surface area contributed by atoms with Crippen LogP contribution in [0.25, 0.3) is 0 Å². The van der Waals surface area contributed by atoms with Gasteiger partial charge in [0.25, 0.3) is 0 Å². The van der Waals surface area contributed by atoms with Gasteiger partial charge in [-0.25, -0.2) is 0 Å². The number of aryl methyl sites for hydroxylation is 1. The number of aliphatic hydroxyl groups is 1. The third-order valence-electron chi connectivity index (χ3n) is 3.68. The smallest absolute Gasteiger partial charge is 0.0897 e. The lowest BCUT2D eigenvalue weighted by Gasteiger charge is -2.19. The molecule has 0 heterocycles. The first kappa shape index (κ1) is 14.5. The van der Waals surface area contributed by atoms with E-state index in [0.717, 1.165) is 12.5 Å². The van der Waals surface area contributed by atoms with Gasteiger partial charge in [0.1, 0.15) is 0 Å². The Morgan fingerprint density at radius 2 is 2.11 bits per heavy atom. The maximum atomic E-state index is 9.86. The molecule has 2 rings (SSSR count). The van der Waals surface area contributed by atoms with E-state index >= 15 is 0 Å². The summed E-state index contributed by atoms with van der Waals surface area (Å²) in [6.45, 7) is 6.05. The van der Waals surface area contributed by atoms with E-state index in [1.165, 1.54) is 24.0 Å². The molecule has 2 N–H and O–H groups in total. The molecular formula is C16H25NO2. The average Bonchev–Trinajstić information content (AvgIpc) is 3.20. The molecule has 106 valence electrons. The topological polar surface area (TPSA) is 41.5 Å². The van der Waals surface area contributed by atoms with Gasteiger partial charge >= 0.3 is 0 Å². The minimum absolute atomic E-state index is 0.249. The standard InChI is InChI=1S/C16H25NO2/c1-12-5-3-4-6-16(12)13(2)17-9-15(18)11-19-10-14-7-8-14/h3-6,13-15,17-18H,7-11H2,1-2H3. The lowest BCUT2D eigenvalue weighted by atomic mass is 10.0. The molecule has 2 atom stereocenters. The molecule has 3 nitrogen and oxygen atoms in total. The van der Waals surface area contributed by atoms with E-state index in [1.54, 1.807) is 0 Å². The van der Waals surface area contributed by atoms with Crippen LogP contribution in [0.4, 0.5) is 0 Å². The van der Waals surface area contributed by atoms with Crippen molar-refractivity contribution in [2.24, 2.45) is 5.92 Å². The van der Waals surface area contributed by atoms with Gasteiger partial charge in [-0.05, 0) is 43.7 Å². The Bertz CT molecular complexity index is 390. The van der Waals surface area contributed by atoms with Crippen molar-refractivity contribution in [3.63, 3.8) is 0 Å². The number of nitrogens with one attached hydrogen (secondary N) is 1. The molecule has 3 heteroatoms. The number of rotatable bonds is 8. The predicted octanol–water partition coefficient (Wildman–Crippen LogP) is 2.43. The van der Waals surface area contributed by atoms with Crippen molar-refractivity contribution in [2.45, 2.75) is 38.8 Å². The van der Waals surface area contributed by atoms with E-state index in [0.29, 0.717) is 13.2 Å². The van der Waals surface area contributed by atoms with Gasteiger partial charge in [0.05, 0.1) is 12.7 Å². The molecular weight excluding hydrogens is 238 g/mol. The molecule has 0 aliphatic heterocycles. The predicted molar refractivity (Wildman–Crippen MR) is 77.1 cm³/mol. The van der Waals surface area contributed by atoms with Crippen LogP contribution in [-0.4, -0.2) is 31.0 Å². The molecule has 0 bridgehead atoms. The number of aliphatic hydroxyl groups excluding tert-OH is 1. The van der Waals surface area contributed by atoms with Gasteiger partial charge in [-0.1, -0.05) is 24.3 Å². The Morgan fingerprint density at radius 1 is 1.37 bits per heavy atom. The zero-order chi connectivity index (χ0) is 13.7. The van der Waals surface area contributed by atoms with Crippen LogP contribution >= 0.6 is 0 Å². The maximum Gasteiger partial charge on any atom is 0.0897 e. The summed E-state index contributed by atoms with van der Waals surface area (Å²) in [6.07, 6.45) is 2.15. The minimum atomic E-state index is -0.426. The highest BCUT2D eigenvalue weighted by atomic mass is 16.5. The molecule has 1 aromatic carbocycles. The molecule has 0 aromatic heterocycles. The van der Waals surface area contributed by atoms with Crippen LogP contribution < -0.4 is 5.32 Å². The third kappa shape index (κ3) is 4.94. The van der Waals surface area contributed by atoms with Crippen LogP contribution in [0, 0.1) is 12.8 Å². The normalized spacial score (nSPS) is 18.3. The first-order valence-electron chi connectivity index (χ1n) is 7.21. The second-order valence-electron chi connectivity index (χ2n) is 5.62. The van der Waals surface area contributed by atoms with Crippen LogP contribution in [0.2, 0.25) is 0 Å². The highest BCUT2D eigenvalue weighted by molar-refractivity contribution is 5.28. The zero-order valence-corrected chi connectivity index (χ0v) is 11.9. The highest BCUT2D eigenvalue weighted by Crippen LogP contribution is 2.28. The molecule has 1 aliphatic rings. The summed E-state index contributed by atoms with van der Waals surface area (Å²) in [4.78, 5) is 0. The van der Waals surface area contributed by atoms with E-state index in [-0.39, 0.29) is 6.04 Å². The number of hydrogen-bond acceptors (Lipinski definition) is 3. The molecule has 0 amide bonds. The number of hydrogen-bond donors (Lipinski definition) is 2. The summed E-state index contributed by atoms with van der Waals surface area (Å²) < 4.78 is 5.49. The largest absolute Gasteiger partial charge is 0.389 e. The molecule has 1 aromatic rings. The number of benzene rings is 1. The van der Waals surface area contributed by atoms with E-state index in [9.17, 15) is 5.11 Å². The lowest BCUT2D eigenvalue weighted by molar-refractivity contribution is 0.0315. The van der Waals surface area contributed by atoms with Gasteiger partial charge in [-0.2, -0.15) is 0 Å². The summed E-state index contributed by atoms with van der Waals surface area (Å²) in [5.74, 6) is 0.756. The first-order chi connectivity index (χ1) is 9.16. The Balaban J connectivity index is 1.67. The fraction of sp³-hybridized carbons (Fsp3) is 0.625. The van der Waals surface area contributed by atoms with E-state index in [1.807, 2.05) is 6.07 Å². The summed E-state index contributed by atoms with van der Waals surface area (Å²) in [5, 5.41) is 13.2. The van der Waals surface area contributed by atoms with E-state index in [2.05, 4.69) is 37.4 Å². The van der Waals surface area contributed by atoms with Crippen LogP contribution in [-0.2, 0) is 4.74 Å². The van der Waals surface area contributed by atoms with Crippen molar-refractivity contribution in [3.05, 3.63) is 35.4 Å². The monoisotopic (exact) mass is 263 g/mol. The van der Waals surface area contributed by atoms with E-state index < -0.39 is 6.10 Å². The Morgan fingerprint density at radius 3 is 2.79 bits per heavy atom. The van der Waals surface area contributed by atoms with Crippen molar-refractivity contribution < 1.29 is 9.84 Å². The highest BCUT2D eigenvalue weighted by Gasteiger charge is 2.21. The second-order valence-corrected chi connectivity index (χ2v) is 5.62. The van der Waals surface area contributed by atoms with Crippen LogP contribution in [0.15, 0.2) is 24.3 Å². The quantitative estimate of drug-likeness (QED) is 0.757. The van der Waals surface area contributed by atoms with Gasteiger partial charge in [-0.3, -0.25) is 0 Å². The Labute approximate surface area is 116 Å². The maximum absolute atomic E-state index is 9.86. The fourth-order valence-corrected chi connectivity index (χ4v) is 2.21. The van der Waals surface area contributed by atoms with Gasteiger partial charge in [0.15, 0.2) is 0 Å². The summed E-state index contributed by atoms with van der Waals surface area (Å²) in [7, 11) is 0.